The van der Waals surface area contributed by atoms with E-state index in [9.17, 15) is 9.59 Å². The predicted octanol–water partition coefficient (Wildman–Crippen LogP) is 4.33. The number of hydrogen-bond acceptors (Lipinski definition) is 5. The summed E-state index contributed by atoms with van der Waals surface area (Å²) in [6.07, 6.45) is 5.00. The van der Waals surface area contributed by atoms with Crippen molar-refractivity contribution in [2.45, 2.75) is 46.2 Å². The Hall–Kier alpha value is -4.07. The molecule has 0 aliphatic rings. The zero-order valence-corrected chi connectivity index (χ0v) is 21.0. The number of nitrogens with one attached hydrogen (secondary N) is 1. The van der Waals surface area contributed by atoms with Gasteiger partial charge in [0.1, 0.15) is 18.1 Å². The maximum Gasteiger partial charge on any atom is 0.249 e. The third kappa shape index (κ3) is 5.76. The van der Waals surface area contributed by atoms with Crippen molar-refractivity contribution < 1.29 is 9.59 Å². The van der Waals surface area contributed by atoms with E-state index in [2.05, 4.69) is 41.4 Å². The van der Waals surface area contributed by atoms with Crippen LogP contribution < -0.4 is 10.2 Å². The molecule has 8 nitrogen and oxygen atoms in total. The zero-order chi connectivity index (χ0) is 25.5. The van der Waals surface area contributed by atoms with Gasteiger partial charge in [0, 0.05) is 24.6 Å². The number of pyridine rings is 1. The number of aryl methyl sites for hydroxylation is 1. The molecule has 2 aromatic carbocycles. The second kappa shape index (κ2) is 11.6. The van der Waals surface area contributed by atoms with Crippen molar-refractivity contribution in [2.75, 3.05) is 11.4 Å². The number of fused-ring (bicyclic) bond motifs is 1. The Bertz CT molecular complexity index is 1300. The van der Waals surface area contributed by atoms with Gasteiger partial charge >= 0.3 is 0 Å². The van der Waals surface area contributed by atoms with E-state index < -0.39 is 6.04 Å². The average molecular weight is 485 g/mol. The normalized spacial score (nSPS) is 12.0. The quantitative estimate of drug-likeness (QED) is 0.362. The van der Waals surface area contributed by atoms with E-state index in [-0.39, 0.29) is 18.4 Å². The largest absolute Gasteiger partial charge is 0.354 e. The van der Waals surface area contributed by atoms with Gasteiger partial charge in [-0.15, -0.1) is 5.10 Å². The molecule has 2 aromatic heterocycles. The molecular formula is C28H32N6O2. The van der Waals surface area contributed by atoms with Crippen molar-refractivity contribution in [1.29, 1.82) is 0 Å². The highest BCUT2D eigenvalue weighted by atomic mass is 16.2. The Morgan fingerprint density at radius 2 is 1.72 bits per heavy atom. The van der Waals surface area contributed by atoms with Crippen molar-refractivity contribution in [2.24, 2.45) is 5.92 Å². The van der Waals surface area contributed by atoms with Crippen LogP contribution in [0.2, 0.25) is 0 Å². The van der Waals surface area contributed by atoms with Gasteiger partial charge in [-0.3, -0.25) is 19.5 Å². The first-order chi connectivity index (χ1) is 17.5. The summed E-state index contributed by atoms with van der Waals surface area (Å²) in [5.74, 6) is -0.0569. The monoisotopic (exact) mass is 484 g/mol. The maximum atomic E-state index is 14.0. The molecule has 4 rings (SSSR count). The lowest BCUT2D eigenvalue weighted by Crippen LogP contribution is -2.45. The van der Waals surface area contributed by atoms with Crippen molar-refractivity contribution >= 4 is 28.5 Å². The van der Waals surface area contributed by atoms with Crippen LogP contribution in [0.4, 0.5) is 5.69 Å². The molecule has 0 radical (unpaired) electrons. The minimum Gasteiger partial charge on any atom is -0.354 e. The molecule has 186 valence electrons. The fraction of sp³-hybridized carbons (Fsp3) is 0.321. The third-order valence-electron chi connectivity index (χ3n) is 6.15. The SMILES string of the molecule is CCc1ccc(N(C(=O)Cn2nnc3ccccc32)[C@H](C(=O)NCCC(C)C)c2ccncc2)cc1. The molecular weight excluding hydrogens is 452 g/mol. The van der Waals surface area contributed by atoms with Crippen LogP contribution in [0.1, 0.15) is 44.4 Å². The number of aromatic nitrogens is 4. The number of amides is 2. The molecule has 2 amide bonds. The molecule has 0 saturated carbocycles. The van der Waals surface area contributed by atoms with Crippen molar-refractivity contribution in [3.05, 3.63) is 84.2 Å². The molecule has 4 aromatic rings. The van der Waals surface area contributed by atoms with Crippen LogP contribution in [-0.2, 0) is 22.6 Å². The minimum atomic E-state index is -0.866. The van der Waals surface area contributed by atoms with Gasteiger partial charge in [-0.25, -0.2) is 4.68 Å². The molecule has 0 aliphatic carbocycles. The highest BCUT2D eigenvalue weighted by Gasteiger charge is 2.33. The van der Waals surface area contributed by atoms with Crippen molar-refractivity contribution in [3.63, 3.8) is 0 Å². The molecule has 36 heavy (non-hydrogen) atoms. The molecule has 8 heteroatoms. The lowest BCUT2D eigenvalue weighted by atomic mass is 10.0. The fourth-order valence-corrected chi connectivity index (χ4v) is 4.11. The number of benzene rings is 2. The maximum absolute atomic E-state index is 14.0. The van der Waals surface area contributed by atoms with Crippen molar-refractivity contribution in [3.8, 4) is 0 Å². The van der Waals surface area contributed by atoms with Crippen LogP contribution in [0.25, 0.3) is 11.0 Å². The summed E-state index contributed by atoms with van der Waals surface area (Å²) in [6, 6.07) is 17.9. The number of anilines is 1. The highest BCUT2D eigenvalue weighted by Crippen LogP contribution is 2.29. The number of hydrogen-bond donors (Lipinski definition) is 1. The van der Waals surface area contributed by atoms with Crippen LogP contribution in [-0.4, -0.2) is 38.3 Å². The predicted molar refractivity (Wildman–Crippen MR) is 140 cm³/mol. The second-order valence-electron chi connectivity index (χ2n) is 9.18. The Morgan fingerprint density at radius 3 is 2.42 bits per heavy atom. The summed E-state index contributed by atoms with van der Waals surface area (Å²) in [6.45, 7) is 6.77. The Labute approximate surface area is 211 Å². The lowest BCUT2D eigenvalue weighted by Gasteiger charge is -2.31. The molecule has 0 fully saturated rings. The van der Waals surface area contributed by atoms with Gasteiger partial charge in [-0.1, -0.05) is 50.3 Å². The number of carbonyl (C=O) groups excluding carboxylic acids is 2. The number of para-hydroxylation sites is 1. The second-order valence-corrected chi connectivity index (χ2v) is 9.18. The first-order valence-electron chi connectivity index (χ1n) is 12.3. The van der Waals surface area contributed by atoms with Gasteiger partial charge in [0.15, 0.2) is 0 Å². The van der Waals surface area contributed by atoms with Crippen LogP contribution >= 0.6 is 0 Å². The van der Waals surface area contributed by atoms with E-state index in [1.165, 1.54) is 0 Å². The average Bonchev–Trinajstić information content (AvgIpc) is 3.30. The lowest BCUT2D eigenvalue weighted by molar-refractivity contribution is -0.127. The molecule has 1 atom stereocenters. The topological polar surface area (TPSA) is 93.0 Å². The van der Waals surface area contributed by atoms with Crippen LogP contribution in [0, 0.1) is 5.92 Å². The van der Waals surface area contributed by atoms with Gasteiger partial charge in [0.05, 0.1) is 5.52 Å². The smallest absolute Gasteiger partial charge is 0.249 e. The summed E-state index contributed by atoms with van der Waals surface area (Å²) in [7, 11) is 0. The Morgan fingerprint density at radius 1 is 1.00 bits per heavy atom. The number of carbonyl (C=O) groups is 2. The highest BCUT2D eigenvalue weighted by molar-refractivity contribution is 6.01. The molecule has 0 unspecified atom stereocenters. The molecule has 2 heterocycles. The fourth-order valence-electron chi connectivity index (χ4n) is 4.11. The Balaban J connectivity index is 1.74. The standard InChI is InChI=1S/C28H32N6O2/c1-4-21-9-11-23(12-10-21)34(26(35)19-33-25-8-6-5-7-24(25)31-32-33)27(22-14-16-29-17-15-22)28(36)30-18-13-20(2)3/h5-12,14-17,20,27H,4,13,18-19H2,1-3H3,(H,30,36)/t27-/m0/s1. The molecule has 0 saturated heterocycles. The zero-order valence-electron chi connectivity index (χ0n) is 21.0. The third-order valence-corrected chi connectivity index (χ3v) is 6.15. The van der Waals surface area contributed by atoms with E-state index in [0.717, 1.165) is 23.9 Å². The molecule has 0 spiro atoms. The molecule has 0 aliphatic heterocycles. The van der Waals surface area contributed by atoms with Gasteiger partial charge < -0.3 is 5.32 Å². The minimum absolute atomic E-state index is 0.0586. The summed E-state index contributed by atoms with van der Waals surface area (Å²) in [4.78, 5) is 33.2. The van der Waals surface area contributed by atoms with E-state index in [1.807, 2.05) is 48.5 Å². The van der Waals surface area contributed by atoms with E-state index in [4.69, 9.17) is 0 Å². The van der Waals surface area contributed by atoms with Crippen LogP contribution in [0.3, 0.4) is 0 Å². The first kappa shape index (κ1) is 25.0. The van der Waals surface area contributed by atoms with E-state index >= 15 is 0 Å². The number of rotatable bonds is 10. The number of nitrogens with zero attached hydrogens (tertiary/aromatic N) is 5. The van der Waals surface area contributed by atoms with Gasteiger partial charge in [0.25, 0.3) is 0 Å². The van der Waals surface area contributed by atoms with Gasteiger partial charge in [-0.2, -0.15) is 0 Å². The van der Waals surface area contributed by atoms with Crippen LogP contribution in [0.15, 0.2) is 73.1 Å². The summed E-state index contributed by atoms with van der Waals surface area (Å²) >= 11 is 0. The molecule has 0 bridgehead atoms. The van der Waals surface area contributed by atoms with Gasteiger partial charge in [-0.05, 0) is 66.3 Å². The first-order valence-corrected chi connectivity index (χ1v) is 12.3. The summed E-state index contributed by atoms with van der Waals surface area (Å²) in [5.41, 5.74) is 3.94. The molecule has 1 N–H and O–H groups in total. The van der Waals surface area contributed by atoms with Gasteiger partial charge in [0.2, 0.25) is 11.8 Å². The summed E-state index contributed by atoms with van der Waals surface area (Å²) in [5, 5.41) is 11.4. The summed E-state index contributed by atoms with van der Waals surface area (Å²) < 4.78 is 1.57. The van der Waals surface area contributed by atoms with E-state index in [0.29, 0.717) is 29.2 Å². The Kier molecular flexibility index (Phi) is 8.05. The van der Waals surface area contributed by atoms with Crippen LogP contribution in [0.5, 0.6) is 0 Å². The van der Waals surface area contributed by atoms with E-state index in [1.54, 1.807) is 34.1 Å². The van der Waals surface area contributed by atoms with Crippen molar-refractivity contribution in [1.82, 2.24) is 25.3 Å².